The van der Waals surface area contributed by atoms with E-state index in [1.165, 1.54) is 0 Å². The van der Waals surface area contributed by atoms with Crippen molar-refractivity contribution in [1.29, 1.82) is 0 Å². The molecule has 6 heteroatoms. The van der Waals surface area contributed by atoms with Crippen LogP contribution in [0.1, 0.15) is 23.1 Å². The molecule has 0 unspecified atom stereocenters. The molecule has 0 amide bonds. The summed E-state index contributed by atoms with van der Waals surface area (Å²) in [6, 6.07) is 29.9. The highest BCUT2D eigenvalue weighted by atomic mass is 16.6. The molecule has 1 saturated heterocycles. The molecule has 0 radical (unpaired) electrons. The van der Waals surface area contributed by atoms with Gasteiger partial charge in [-0.25, -0.2) is 0 Å². The molecule has 0 bridgehead atoms. The molecule has 0 saturated carbocycles. The summed E-state index contributed by atoms with van der Waals surface area (Å²) in [5, 5.41) is 14.4. The summed E-state index contributed by atoms with van der Waals surface area (Å²) >= 11 is 0. The highest BCUT2D eigenvalue weighted by Crippen LogP contribution is 2.42. The summed E-state index contributed by atoms with van der Waals surface area (Å²) in [5.41, 5.74) is 10.7. The van der Waals surface area contributed by atoms with Crippen LogP contribution in [0, 0.1) is 0 Å². The number of benzene rings is 3. The van der Waals surface area contributed by atoms with Gasteiger partial charge >= 0.3 is 0 Å². The van der Waals surface area contributed by atoms with Gasteiger partial charge in [-0.15, -0.1) is 0 Å². The summed E-state index contributed by atoms with van der Waals surface area (Å²) < 4.78 is 12.3. The van der Waals surface area contributed by atoms with Crippen molar-refractivity contribution in [3.05, 3.63) is 118 Å². The van der Waals surface area contributed by atoms with E-state index >= 15 is 0 Å². The largest absolute Gasteiger partial charge is 0.388 e. The maximum absolute atomic E-state index is 10.8. The van der Waals surface area contributed by atoms with Crippen molar-refractivity contribution in [2.24, 2.45) is 5.11 Å². The Labute approximate surface area is 175 Å². The van der Waals surface area contributed by atoms with E-state index in [-0.39, 0.29) is 0 Å². The fourth-order valence-electron chi connectivity index (χ4n) is 3.99. The van der Waals surface area contributed by atoms with Crippen LogP contribution in [0.25, 0.3) is 10.4 Å². The van der Waals surface area contributed by atoms with Crippen molar-refractivity contribution >= 4 is 0 Å². The third-order valence-corrected chi connectivity index (χ3v) is 5.40. The number of nitrogens with zero attached hydrogens (tertiary/aromatic N) is 3. The van der Waals surface area contributed by atoms with Gasteiger partial charge in [0.05, 0.1) is 6.10 Å². The van der Waals surface area contributed by atoms with Gasteiger partial charge in [0.1, 0.15) is 11.7 Å². The van der Waals surface area contributed by atoms with E-state index in [1.807, 2.05) is 91.0 Å². The van der Waals surface area contributed by atoms with E-state index in [4.69, 9.17) is 15.0 Å². The molecule has 1 N–H and O–H groups in total. The summed E-state index contributed by atoms with van der Waals surface area (Å²) in [4.78, 5) is 2.80. The van der Waals surface area contributed by atoms with E-state index < -0.39 is 24.0 Å². The van der Waals surface area contributed by atoms with Crippen molar-refractivity contribution in [3.8, 4) is 0 Å². The Kier molecular flexibility index (Phi) is 6.12. The van der Waals surface area contributed by atoms with Crippen molar-refractivity contribution in [1.82, 2.24) is 0 Å². The molecule has 1 fully saturated rings. The lowest BCUT2D eigenvalue weighted by Gasteiger charge is -2.42. The highest BCUT2D eigenvalue weighted by Gasteiger charge is 2.44. The van der Waals surface area contributed by atoms with Crippen LogP contribution in [0.5, 0.6) is 0 Å². The Bertz CT molecular complexity index is 895. The Morgan fingerprint density at radius 1 is 0.867 bits per heavy atom. The zero-order chi connectivity index (χ0) is 20.8. The lowest BCUT2D eigenvalue weighted by Crippen LogP contribution is -2.49. The molecular formula is C24H23N3O3. The van der Waals surface area contributed by atoms with Crippen molar-refractivity contribution in [2.75, 3.05) is 6.61 Å². The lowest BCUT2D eigenvalue weighted by atomic mass is 9.79. The van der Waals surface area contributed by atoms with Crippen LogP contribution >= 0.6 is 0 Å². The van der Waals surface area contributed by atoms with Gasteiger partial charge in [-0.05, 0) is 28.6 Å². The van der Waals surface area contributed by atoms with Gasteiger partial charge in [0.15, 0.2) is 6.23 Å². The molecular weight excluding hydrogens is 378 g/mol. The van der Waals surface area contributed by atoms with E-state index in [1.54, 1.807) is 0 Å². The maximum Gasteiger partial charge on any atom is 0.164 e. The second-order valence-electron chi connectivity index (χ2n) is 7.18. The summed E-state index contributed by atoms with van der Waals surface area (Å²) in [5.74, 6) is 0. The van der Waals surface area contributed by atoms with Crippen molar-refractivity contribution < 1.29 is 14.6 Å². The van der Waals surface area contributed by atoms with Gasteiger partial charge in [0.25, 0.3) is 0 Å². The summed E-state index contributed by atoms with van der Waals surface area (Å²) in [6.45, 7) is 0.333. The normalized spacial score (nSPS) is 21.6. The first kappa shape index (κ1) is 20.1. The third kappa shape index (κ3) is 3.82. The zero-order valence-electron chi connectivity index (χ0n) is 16.4. The average Bonchev–Trinajstić information content (AvgIpc) is 2.82. The fraction of sp³-hybridized carbons (Fsp3) is 0.250. The van der Waals surface area contributed by atoms with Crippen LogP contribution in [-0.2, 0) is 15.1 Å². The first-order valence-corrected chi connectivity index (χ1v) is 9.94. The molecule has 0 spiro atoms. The zero-order valence-corrected chi connectivity index (χ0v) is 16.4. The number of ether oxygens (including phenoxy) is 2. The molecule has 0 aromatic heterocycles. The van der Waals surface area contributed by atoms with Gasteiger partial charge in [-0.3, -0.25) is 0 Å². The lowest BCUT2D eigenvalue weighted by molar-refractivity contribution is -0.180. The predicted molar refractivity (Wildman–Crippen MR) is 114 cm³/mol. The van der Waals surface area contributed by atoms with Crippen LogP contribution in [0.4, 0.5) is 0 Å². The van der Waals surface area contributed by atoms with Crippen LogP contribution in [0.2, 0.25) is 0 Å². The molecule has 3 atom stereocenters. The predicted octanol–water partition coefficient (Wildman–Crippen LogP) is 4.78. The highest BCUT2D eigenvalue weighted by molar-refractivity contribution is 5.47. The second-order valence-corrected chi connectivity index (χ2v) is 7.18. The molecule has 1 heterocycles. The Morgan fingerprint density at radius 2 is 1.33 bits per heavy atom. The number of aliphatic hydroxyl groups is 1. The average molecular weight is 401 g/mol. The van der Waals surface area contributed by atoms with Crippen LogP contribution in [0.3, 0.4) is 0 Å². The standard InChI is InChI=1S/C24H23N3O3/c25-27-26-23-22(28)21(16-17-29-23)30-24(18-10-4-1-5-11-18,19-12-6-2-7-13-19)20-14-8-3-9-15-20/h1-15,21-23,28H,16-17H2/t21-,22-,23+/m1/s1. The molecule has 1 aliphatic heterocycles. The molecule has 4 rings (SSSR count). The Hall–Kier alpha value is -3.15. The monoisotopic (exact) mass is 401 g/mol. The minimum atomic E-state index is -1.08. The summed E-state index contributed by atoms with van der Waals surface area (Å²) in [6.07, 6.45) is -2.17. The van der Waals surface area contributed by atoms with Crippen molar-refractivity contribution in [3.63, 3.8) is 0 Å². The quantitative estimate of drug-likeness (QED) is 0.279. The Balaban J connectivity index is 1.88. The first-order valence-electron chi connectivity index (χ1n) is 9.94. The molecule has 3 aromatic rings. The fourth-order valence-corrected chi connectivity index (χ4v) is 3.99. The third-order valence-electron chi connectivity index (χ3n) is 5.40. The van der Waals surface area contributed by atoms with Gasteiger partial charge in [0, 0.05) is 11.5 Å². The SMILES string of the molecule is [N-]=[N+]=N[C@H]1OCC[C@@H](OC(c2ccccc2)(c2ccccc2)c2ccccc2)[C@H]1O. The molecule has 30 heavy (non-hydrogen) atoms. The topological polar surface area (TPSA) is 87.5 Å². The molecule has 152 valence electrons. The van der Waals surface area contributed by atoms with Gasteiger partial charge in [-0.1, -0.05) is 96.1 Å². The van der Waals surface area contributed by atoms with Crippen LogP contribution < -0.4 is 0 Å². The van der Waals surface area contributed by atoms with E-state index in [0.29, 0.717) is 13.0 Å². The van der Waals surface area contributed by atoms with Gasteiger partial charge < -0.3 is 14.6 Å². The molecule has 0 aliphatic carbocycles. The molecule has 6 nitrogen and oxygen atoms in total. The minimum Gasteiger partial charge on any atom is -0.388 e. The van der Waals surface area contributed by atoms with Gasteiger partial charge in [-0.2, -0.15) is 0 Å². The smallest absolute Gasteiger partial charge is 0.164 e. The number of hydrogen-bond acceptors (Lipinski definition) is 4. The second kappa shape index (κ2) is 9.11. The number of azide groups is 1. The maximum atomic E-state index is 10.8. The molecule has 3 aromatic carbocycles. The van der Waals surface area contributed by atoms with Gasteiger partial charge in [0.2, 0.25) is 0 Å². The number of rotatable bonds is 6. The van der Waals surface area contributed by atoms with Crippen molar-refractivity contribution in [2.45, 2.75) is 30.5 Å². The van der Waals surface area contributed by atoms with E-state index in [9.17, 15) is 5.11 Å². The minimum absolute atomic E-state index is 0.333. The number of hydrogen-bond donors (Lipinski definition) is 1. The van der Waals surface area contributed by atoms with E-state index in [2.05, 4.69) is 10.0 Å². The first-order chi connectivity index (χ1) is 14.8. The Morgan fingerprint density at radius 3 is 1.77 bits per heavy atom. The van der Waals surface area contributed by atoms with E-state index in [0.717, 1.165) is 16.7 Å². The van der Waals surface area contributed by atoms with Crippen LogP contribution in [-0.4, -0.2) is 30.1 Å². The summed E-state index contributed by atoms with van der Waals surface area (Å²) in [7, 11) is 0. The molecule has 1 aliphatic rings. The van der Waals surface area contributed by atoms with Crippen LogP contribution in [0.15, 0.2) is 96.1 Å². The number of aliphatic hydroxyl groups excluding tert-OH is 1.